The summed E-state index contributed by atoms with van der Waals surface area (Å²) < 4.78 is 40.5. The van der Waals surface area contributed by atoms with Crippen molar-refractivity contribution < 1.29 is 12.8 Å². The van der Waals surface area contributed by atoms with E-state index in [2.05, 4.69) is 15.4 Å². The minimum atomic E-state index is -3.95. The van der Waals surface area contributed by atoms with E-state index in [1.165, 1.54) is 22.7 Å². The predicted octanol–water partition coefficient (Wildman–Crippen LogP) is 2.05. The van der Waals surface area contributed by atoms with Crippen LogP contribution in [0.2, 0.25) is 0 Å². The average molecular weight is 320 g/mol. The first-order valence-electron chi connectivity index (χ1n) is 6.48. The molecule has 0 aliphatic heterocycles. The van der Waals surface area contributed by atoms with Crippen LogP contribution in [0.5, 0.6) is 0 Å². The molecule has 0 aliphatic carbocycles. The highest BCUT2D eigenvalue weighted by Crippen LogP contribution is 2.30. The molecular formula is C14H13FN4O2S. The van der Waals surface area contributed by atoms with Crippen molar-refractivity contribution in [2.24, 2.45) is 0 Å². The molecule has 8 heteroatoms. The van der Waals surface area contributed by atoms with Gasteiger partial charge in [0.25, 0.3) is 0 Å². The van der Waals surface area contributed by atoms with Crippen molar-refractivity contribution in [1.29, 1.82) is 0 Å². The highest BCUT2D eigenvalue weighted by Gasteiger charge is 2.28. The molecular weight excluding hydrogens is 307 g/mol. The van der Waals surface area contributed by atoms with Gasteiger partial charge in [0.15, 0.2) is 16.4 Å². The van der Waals surface area contributed by atoms with Gasteiger partial charge < -0.3 is 5.32 Å². The molecule has 0 saturated heterocycles. The fraction of sp³-hybridized carbons (Fsp3) is 0.143. The van der Waals surface area contributed by atoms with Crippen LogP contribution in [0.25, 0.3) is 5.65 Å². The molecule has 1 aromatic carbocycles. The summed E-state index contributed by atoms with van der Waals surface area (Å²) in [7, 11) is -2.38. The zero-order valence-electron chi connectivity index (χ0n) is 11.9. The minimum absolute atomic E-state index is 0.0655. The van der Waals surface area contributed by atoms with E-state index in [0.717, 1.165) is 6.07 Å². The second-order valence-corrected chi connectivity index (χ2v) is 6.61. The number of benzene rings is 1. The van der Waals surface area contributed by atoms with Gasteiger partial charge in [-0.15, -0.1) is 5.10 Å². The Bertz CT molecular complexity index is 966. The van der Waals surface area contributed by atoms with E-state index >= 15 is 0 Å². The van der Waals surface area contributed by atoms with Gasteiger partial charge in [-0.05, 0) is 31.2 Å². The number of halogens is 1. The number of aromatic nitrogens is 3. The molecule has 114 valence electrons. The molecule has 0 saturated carbocycles. The summed E-state index contributed by atoms with van der Waals surface area (Å²) in [6.45, 7) is 1.75. The number of hydrogen-bond acceptors (Lipinski definition) is 5. The molecule has 1 N–H and O–H groups in total. The number of sulfone groups is 1. The van der Waals surface area contributed by atoms with E-state index < -0.39 is 15.7 Å². The summed E-state index contributed by atoms with van der Waals surface area (Å²) in [4.78, 5) is 4.04. The van der Waals surface area contributed by atoms with Crippen molar-refractivity contribution in [2.75, 3.05) is 12.4 Å². The maximum Gasteiger partial charge on any atom is 0.214 e. The number of anilines is 1. The third-order valence-electron chi connectivity index (χ3n) is 3.19. The van der Waals surface area contributed by atoms with Crippen molar-refractivity contribution in [3.63, 3.8) is 0 Å². The summed E-state index contributed by atoms with van der Waals surface area (Å²) in [6, 6.07) is 6.59. The first-order valence-corrected chi connectivity index (χ1v) is 7.96. The third kappa shape index (κ3) is 2.21. The highest BCUT2D eigenvalue weighted by atomic mass is 32.2. The van der Waals surface area contributed by atoms with Crippen LogP contribution in [-0.4, -0.2) is 30.1 Å². The summed E-state index contributed by atoms with van der Waals surface area (Å²) in [5.41, 5.74) is 0.861. The second-order valence-electron chi connectivity index (χ2n) is 4.73. The van der Waals surface area contributed by atoms with Crippen molar-refractivity contribution in [3.8, 4) is 0 Å². The number of fused-ring (bicyclic) bond motifs is 1. The monoisotopic (exact) mass is 320 g/mol. The standard InChI is InChI=1S/C14H13FN4O2S/c1-9-6-7-19-14(17-9)12(13(16-2)18-19)22(20,21)11-5-3-4-10(15)8-11/h3-8H,1-2H3,(H,16,18). The van der Waals surface area contributed by atoms with E-state index in [-0.39, 0.29) is 21.3 Å². The second kappa shape index (κ2) is 5.06. The number of nitrogens with one attached hydrogen (secondary N) is 1. The number of aryl methyl sites for hydroxylation is 1. The van der Waals surface area contributed by atoms with Crippen LogP contribution in [0.15, 0.2) is 46.3 Å². The van der Waals surface area contributed by atoms with Crippen LogP contribution in [-0.2, 0) is 9.84 Å². The Balaban J connectivity index is 2.35. The van der Waals surface area contributed by atoms with Crippen molar-refractivity contribution in [3.05, 3.63) is 48.0 Å². The molecule has 2 aromatic heterocycles. The van der Waals surface area contributed by atoms with Crippen LogP contribution in [0.3, 0.4) is 0 Å². The van der Waals surface area contributed by atoms with Crippen LogP contribution >= 0.6 is 0 Å². The Hall–Kier alpha value is -2.48. The van der Waals surface area contributed by atoms with Crippen LogP contribution in [0, 0.1) is 12.7 Å². The first kappa shape index (κ1) is 14.5. The lowest BCUT2D eigenvalue weighted by molar-refractivity contribution is 0.591. The predicted molar refractivity (Wildman–Crippen MR) is 79.1 cm³/mol. The number of nitrogens with zero attached hydrogens (tertiary/aromatic N) is 3. The first-order chi connectivity index (χ1) is 10.4. The summed E-state index contributed by atoms with van der Waals surface area (Å²) >= 11 is 0. The molecule has 0 atom stereocenters. The molecule has 0 aliphatic rings. The lowest BCUT2D eigenvalue weighted by Crippen LogP contribution is -2.06. The van der Waals surface area contributed by atoms with Gasteiger partial charge in [-0.1, -0.05) is 6.07 Å². The molecule has 3 rings (SSSR count). The fourth-order valence-corrected chi connectivity index (χ4v) is 3.70. The summed E-state index contributed by atoms with van der Waals surface area (Å²) in [5, 5.41) is 6.91. The highest BCUT2D eigenvalue weighted by molar-refractivity contribution is 7.91. The van der Waals surface area contributed by atoms with Crippen LogP contribution in [0.4, 0.5) is 10.2 Å². The third-order valence-corrected chi connectivity index (χ3v) is 4.98. The van der Waals surface area contributed by atoms with Gasteiger partial charge in [0.2, 0.25) is 9.84 Å². The quantitative estimate of drug-likeness (QED) is 0.799. The van der Waals surface area contributed by atoms with E-state index in [0.29, 0.717) is 5.69 Å². The zero-order chi connectivity index (χ0) is 15.9. The minimum Gasteiger partial charge on any atom is -0.370 e. The lowest BCUT2D eigenvalue weighted by atomic mass is 10.4. The number of rotatable bonds is 3. The molecule has 0 unspecified atom stereocenters. The van der Waals surface area contributed by atoms with Crippen LogP contribution in [0.1, 0.15) is 5.69 Å². The Morgan fingerprint density at radius 2 is 2.05 bits per heavy atom. The summed E-state index contributed by atoms with van der Waals surface area (Å²) in [6.07, 6.45) is 1.63. The van der Waals surface area contributed by atoms with Gasteiger partial charge in [0, 0.05) is 18.9 Å². The van der Waals surface area contributed by atoms with E-state index in [1.807, 2.05) is 0 Å². The topological polar surface area (TPSA) is 76.4 Å². The number of hydrogen-bond donors (Lipinski definition) is 1. The summed E-state index contributed by atoms with van der Waals surface area (Å²) in [5.74, 6) is -0.449. The van der Waals surface area contributed by atoms with E-state index in [1.54, 1.807) is 26.2 Å². The Labute approximate surface area is 126 Å². The molecule has 0 radical (unpaired) electrons. The zero-order valence-corrected chi connectivity index (χ0v) is 12.7. The Kier molecular flexibility index (Phi) is 3.32. The van der Waals surface area contributed by atoms with Crippen molar-refractivity contribution in [1.82, 2.24) is 14.6 Å². The van der Waals surface area contributed by atoms with Gasteiger partial charge in [0.1, 0.15) is 5.82 Å². The van der Waals surface area contributed by atoms with Crippen LogP contribution < -0.4 is 5.32 Å². The van der Waals surface area contributed by atoms with E-state index in [9.17, 15) is 12.8 Å². The maximum atomic E-state index is 13.4. The normalized spacial score (nSPS) is 11.8. The molecule has 3 aromatic rings. The molecule has 0 spiro atoms. The van der Waals surface area contributed by atoms with Gasteiger partial charge in [-0.2, -0.15) is 0 Å². The van der Waals surface area contributed by atoms with Crippen molar-refractivity contribution in [2.45, 2.75) is 16.7 Å². The van der Waals surface area contributed by atoms with Gasteiger partial charge in [-0.3, -0.25) is 0 Å². The molecule has 2 heterocycles. The molecule has 0 fully saturated rings. The molecule has 0 bridgehead atoms. The molecule has 6 nitrogen and oxygen atoms in total. The van der Waals surface area contributed by atoms with Crippen molar-refractivity contribution >= 4 is 21.3 Å². The Morgan fingerprint density at radius 3 is 2.73 bits per heavy atom. The smallest absolute Gasteiger partial charge is 0.214 e. The van der Waals surface area contributed by atoms with E-state index in [4.69, 9.17) is 0 Å². The molecule has 22 heavy (non-hydrogen) atoms. The fourth-order valence-electron chi connectivity index (χ4n) is 2.16. The van der Waals surface area contributed by atoms with Gasteiger partial charge >= 0.3 is 0 Å². The SMILES string of the molecule is CNc1nn2ccc(C)nc2c1S(=O)(=O)c1cccc(F)c1. The average Bonchev–Trinajstić information content (AvgIpc) is 2.85. The maximum absolute atomic E-state index is 13.4. The lowest BCUT2D eigenvalue weighted by Gasteiger charge is -2.05. The largest absolute Gasteiger partial charge is 0.370 e. The van der Waals surface area contributed by atoms with Gasteiger partial charge in [0.05, 0.1) is 4.90 Å². The Morgan fingerprint density at radius 1 is 1.27 bits per heavy atom. The molecule has 0 amide bonds. The van der Waals surface area contributed by atoms with Gasteiger partial charge in [-0.25, -0.2) is 22.3 Å².